The third kappa shape index (κ3) is 12.3. The molecule has 1 fully saturated rings. The first-order valence-corrected chi connectivity index (χ1v) is 15.6. The highest BCUT2D eigenvalue weighted by atomic mass is 32.1. The first-order chi connectivity index (χ1) is 18.1. The van der Waals surface area contributed by atoms with Crippen molar-refractivity contribution in [3.63, 3.8) is 0 Å². The molecule has 2 unspecified atom stereocenters. The molecule has 0 spiro atoms. The van der Waals surface area contributed by atoms with Crippen molar-refractivity contribution in [2.75, 3.05) is 13.7 Å². The highest BCUT2D eigenvalue weighted by molar-refractivity contribution is 7.80. The number of carbonyl (C=O) groups excluding carboxylic acids is 1. The molecule has 1 aliphatic rings. The average Bonchev–Trinajstić information content (AvgIpc) is 2.90. The molecule has 1 aromatic carbocycles. The van der Waals surface area contributed by atoms with Crippen LogP contribution in [0.15, 0.2) is 24.3 Å². The summed E-state index contributed by atoms with van der Waals surface area (Å²) in [6, 6.07) is 5.63. The standard InChI is InChI=1S/C32H52FNO2S/c1-3-4-5-6-7-8-9-10-11-12-13-14-15-16-17-18-21-27-24-25-34(30(37)26-27)31(32(35)36-2)28-22-19-20-23-29(28)33/h19-20,22-23,27,31H,3-18,21,24-26H2,1-2H3. The van der Waals surface area contributed by atoms with E-state index in [9.17, 15) is 9.18 Å². The molecule has 210 valence electrons. The van der Waals surface area contributed by atoms with Gasteiger partial charge in [-0.05, 0) is 24.8 Å². The second-order valence-electron chi connectivity index (χ2n) is 11.0. The Morgan fingerprint density at radius 3 is 1.92 bits per heavy atom. The summed E-state index contributed by atoms with van der Waals surface area (Å²) in [5.74, 6) is -0.283. The number of hydrogen-bond acceptors (Lipinski definition) is 3. The van der Waals surface area contributed by atoms with Crippen LogP contribution in [0.25, 0.3) is 0 Å². The van der Waals surface area contributed by atoms with E-state index in [1.165, 1.54) is 122 Å². The lowest BCUT2D eigenvalue weighted by Crippen LogP contribution is -2.44. The van der Waals surface area contributed by atoms with Crippen LogP contribution in [0.2, 0.25) is 0 Å². The van der Waals surface area contributed by atoms with Gasteiger partial charge in [-0.15, -0.1) is 0 Å². The summed E-state index contributed by atoms with van der Waals surface area (Å²) in [5, 5.41) is 0. The zero-order chi connectivity index (χ0) is 26.7. The van der Waals surface area contributed by atoms with Crippen molar-refractivity contribution >= 4 is 23.2 Å². The van der Waals surface area contributed by atoms with E-state index in [1.54, 1.807) is 18.2 Å². The Morgan fingerprint density at radius 1 is 0.919 bits per heavy atom. The third-order valence-corrected chi connectivity index (χ3v) is 8.36. The van der Waals surface area contributed by atoms with Gasteiger partial charge in [0.25, 0.3) is 0 Å². The van der Waals surface area contributed by atoms with Gasteiger partial charge in [-0.3, -0.25) is 0 Å². The number of halogens is 1. The van der Waals surface area contributed by atoms with Crippen molar-refractivity contribution in [1.82, 2.24) is 4.90 Å². The zero-order valence-electron chi connectivity index (χ0n) is 23.7. The number of piperidine rings is 1. The van der Waals surface area contributed by atoms with Gasteiger partial charge in [0.1, 0.15) is 5.82 Å². The fraction of sp³-hybridized carbons (Fsp3) is 0.750. The number of thiocarbonyl (C=S) groups is 1. The Kier molecular flexibility index (Phi) is 16.8. The predicted octanol–water partition coefficient (Wildman–Crippen LogP) is 9.73. The molecule has 0 aromatic heterocycles. The van der Waals surface area contributed by atoms with E-state index in [0.717, 1.165) is 17.8 Å². The van der Waals surface area contributed by atoms with Crippen molar-refractivity contribution in [1.29, 1.82) is 0 Å². The SMILES string of the molecule is CCCCCCCCCCCCCCCCCCC1CCN(C(C(=O)OC)c2ccccc2F)C(=S)C1. The number of methoxy groups -OCH3 is 1. The summed E-state index contributed by atoms with van der Waals surface area (Å²) < 4.78 is 19.5. The van der Waals surface area contributed by atoms with Gasteiger partial charge in [-0.2, -0.15) is 0 Å². The molecule has 0 aliphatic carbocycles. The second kappa shape index (κ2) is 19.6. The number of likely N-dealkylation sites (tertiary alicyclic amines) is 1. The van der Waals surface area contributed by atoms with Gasteiger partial charge in [0.15, 0.2) is 6.04 Å². The van der Waals surface area contributed by atoms with Crippen LogP contribution in [0.1, 0.15) is 141 Å². The molecule has 1 aromatic rings. The van der Waals surface area contributed by atoms with Crippen LogP contribution in [0, 0.1) is 11.7 Å². The Hall–Kier alpha value is -1.49. The molecule has 1 aliphatic heterocycles. The number of nitrogens with zero attached hydrogens (tertiary/aromatic N) is 1. The first-order valence-electron chi connectivity index (χ1n) is 15.2. The quantitative estimate of drug-likeness (QED) is 0.0947. The lowest BCUT2D eigenvalue weighted by molar-refractivity contribution is -0.146. The van der Waals surface area contributed by atoms with Crippen molar-refractivity contribution < 1.29 is 13.9 Å². The van der Waals surface area contributed by atoms with Crippen molar-refractivity contribution in [2.24, 2.45) is 5.92 Å². The second-order valence-corrected chi connectivity index (χ2v) is 11.5. The fourth-order valence-electron chi connectivity index (χ4n) is 5.64. The van der Waals surface area contributed by atoms with Gasteiger partial charge in [0.05, 0.1) is 12.1 Å². The van der Waals surface area contributed by atoms with Gasteiger partial charge in [0, 0.05) is 18.5 Å². The molecule has 0 radical (unpaired) electrons. The average molecular weight is 534 g/mol. The van der Waals surface area contributed by atoms with Gasteiger partial charge in [-0.25, -0.2) is 9.18 Å². The summed E-state index contributed by atoms with van der Waals surface area (Å²) in [6.07, 6.45) is 25.2. The van der Waals surface area contributed by atoms with E-state index in [-0.39, 0.29) is 0 Å². The van der Waals surface area contributed by atoms with Gasteiger partial charge in [0.2, 0.25) is 0 Å². The van der Waals surface area contributed by atoms with Gasteiger partial charge >= 0.3 is 5.97 Å². The Bertz CT molecular complexity index is 771. The van der Waals surface area contributed by atoms with E-state index < -0.39 is 17.8 Å². The number of hydrogen-bond donors (Lipinski definition) is 0. The monoisotopic (exact) mass is 533 g/mol. The topological polar surface area (TPSA) is 29.5 Å². The number of unbranched alkanes of at least 4 members (excludes halogenated alkanes) is 15. The van der Waals surface area contributed by atoms with Crippen LogP contribution >= 0.6 is 12.2 Å². The summed E-state index contributed by atoms with van der Waals surface area (Å²) in [6.45, 7) is 2.96. The van der Waals surface area contributed by atoms with E-state index in [4.69, 9.17) is 17.0 Å². The summed E-state index contributed by atoms with van der Waals surface area (Å²) in [7, 11) is 1.35. The number of ether oxygens (including phenoxy) is 1. The van der Waals surface area contributed by atoms with E-state index >= 15 is 0 Å². The lowest BCUT2D eigenvalue weighted by Gasteiger charge is -2.38. The minimum Gasteiger partial charge on any atom is -0.467 e. The van der Waals surface area contributed by atoms with Crippen LogP contribution in [0.4, 0.5) is 4.39 Å². The van der Waals surface area contributed by atoms with Gasteiger partial charge < -0.3 is 9.64 Å². The summed E-state index contributed by atoms with van der Waals surface area (Å²) >= 11 is 5.70. The smallest absolute Gasteiger partial charge is 0.333 e. The van der Waals surface area contributed by atoms with Crippen molar-refractivity contribution in [3.05, 3.63) is 35.6 Å². The van der Waals surface area contributed by atoms with Crippen LogP contribution in [0.3, 0.4) is 0 Å². The van der Waals surface area contributed by atoms with E-state index in [2.05, 4.69) is 6.92 Å². The molecule has 5 heteroatoms. The minimum absolute atomic E-state index is 0.341. The normalized spacial score (nSPS) is 16.7. The molecule has 0 bridgehead atoms. The molecule has 2 rings (SSSR count). The van der Waals surface area contributed by atoms with Crippen molar-refractivity contribution in [3.8, 4) is 0 Å². The first kappa shape index (κ1) is 31.7. The maximum absolute atomic E-state index is 14.5. The highest BCUT2D eigenvalue weighted by Crippen LogP contribution is 2.33. The molecule has 0 amide bonds. The van der Waals surface area contributed by atoms with Crippen LogP contribution in [-0.4, -0.2) is 29.5 Å². The molecular formula is C32H52FNO2S. The van der Waals surface area contributed by atoms with E-state index in [1.807, 2.05) is 4.90 Å². The molecule has 3 nitrogen and oxygen atoms in total. The maximum Gasteiger partial charge on any atom is 0.333 e. The molecule has 37 heavy (non-hydrogen) atoms. The predicted molar refractivity (Wildman–Crippen MR) is 157 cm³/mol. The molecule has 1 saturated heterocycles. The lowest BCUT2D eigenvalue weighted by atomic mass is 9.89. The Labute approximate surface area is 231 Å². The number of rotatable bonds is 20. The molecule has 0 saturated carbocycles. The maximum atomic E-state index is 14.5. The van der Waals surface area contributed by atoms with Crippen LogP contribution in [-0.2, 0) is 9.53 Å². The molecule has 1 heterocycles. The number of esters is 1. The van der Waals surface area contributed by atoms with E-state index in [0.29, 0.717) is 18.0 Å². The number of carbonyl (C=O) groups is 1. The number of benzene rings is 1. The Balaban J connectivity index is 1.52. The fourth-order valence-corrected chi connectivity index (χ4v) is 6.08. The van der Waals surface area contributed by atoms with Crippen molar-refractivity contribution in [2.45, 2.75) is 135 Å². The minimum atomic E-state index is -0.796. The highest BCUT2D eigenvalue weighted by Gasteiger charge is 2.35. The Morgan fingerprint density at radius 2 is 1.43 bits per heavy atom. The largest absolute Gasteiger partial charge is 0.467 e. The zero-order valence-corrected chi connectivity index (χ0v) is 24.5. The van der Waals surface area contributed by atoms with Gasteiger partial charge in [-0.1, -0.05) is 140 Å². The summed E-state index contributed by atoms with van der Waals surface area (Å²) in [5.41, 5.74) is 0.341. The molecular weight excluding hydrogens is 481 g/mol. The van der Waals surface area contributed by atoms with Crippen LogP contribution in [0.5, 0.6) is 0 Å². The summed E-state index contributed by atoms with van der Waals surface area (Å²) in [4.78, 5) is 15.2. The molecule has 0 N–H and O–H groups in total. The third-order valence-electron chi connectivity index (χ3n) is 7.96. The molecule has 2 atom stereocenters. The van der Waals surface area contributed by atoms with Crippen LogP contribution < -0.4 is 0 Å².